The van der Waals surface area contributed by atoms with E-state index in [-0.39, 0.29) is 29.8 Å². The second-order valence-corrected chi connectivity index (χ2v) is 8.20. The molecule has 25 heavy (non-hydrogen) atoms. The van der Waals surface area contributed by atoms with Crippen molar-refractivity contribution in [3.63, 3.8) is 0 Å². The molecular weight excluding hydrogens is 320 g/mol. The van der Waals surface area contributed by atoms with E-state index >= 15 is 0 Å². The van der Waals surface area contributed by atoms with Crippen LogP contribution in [0.4, 0.5) is 0 Å². The van der Waals surface area contributed by atoms with Crippen molar-refractivity contribution in [2.45, 2.75) is 45.3 Å². The summed E-state index contributed by atoms with van der Waals surface area (Å²) in [5.41, 5.74) is 0.353. The van der Waals surface area contributed by atoms with E-state index in [4.69, 9.17) is 4.74 Å². The molecule has 0 bridgehead atoms. The van der Waals surface area contributed by atoms with Gasteiger partial charge in [-0.3, -0.25) is 0 Å². The molecule has 3 N–H and O–H groups in total. The van der Waals surface area contributed by atoms with E-state index in [2.05, 4.69) is 13.5 Å². The zero-order valence-electron chi connectivity index (χ0n) is 14.9. The van der Waals surface area contributed by atoms with Gasteiger partial charge in [0.15, 0.2) is 0 Å². The Bertz CT molecular complexity index is 636. The Morgan fingerprint density at radius 1 is 1.40 bits per heavy atom. The standard InChI is InChI=1S/C20H28O5/c1-12-14(5-4-13-7-9-25-18(13)24)19(2)8-6-17(23)20(3,11-21)16(19)10-15(12)22/h4-5,7,14-17,21-23H,1,6,8-11H2,2-3H3/b5-4+/t14-,15-,16+,17-,19+,20+/m1/s1. The molecule has 0 radical (unpaired) electrons. The van der Waals surface area contributed by atoms with Crippen molar-refractivity contribution in [3.8, 4) is 0 Å². The minimum atomic E-state index is -0.687. The molecule has 0 aromatic carbocycles. The topological polar surface area (TPSA) is 87.0 Å². The molecular formula is C20H28O5. The molecule has 0 aromatic rings. The Morgan fingerprint density at radius 3 is 2.72 bits per heavy atom. The fraction of sp³-hybridized carbons (Fsp3) is 0.650. The zero-order valence-corrected chi connectivity index (χ0v) is 14.9. The summed E-state index contributed by atoms with van der Waals surface area (Å²) < 4.78 is 4.93. The van der Waals surface area contributed by atoms with Crippen LogP contribution in [0.5, 0.6) is 0 Å². The van der Waals surface area contributed by atoms with E-state index in [1.54, 1.807) is 12.2 Å². The van der Waals surface area contributed by atoms with Gasteiger partial charge in [-0.05, 0) is 42.2 Å². The van der Waals surface area contributed by atoms with Crippen molar-refractivity contribution >= 4 is 5.97 Å². The number of fused-ring (bicyclic) bond motifs is 1. The molecule has 0 amide bonds. The van der Waals surface area contributed by atoms with Crippen molar-refractivity contribution in [3.05, 3.63) is 36.0 Å². The first-order valence-electron chi connectivity index (χ1n) is 8.95. The molecule has 3 rings (SSSR count). The lowest BCUT2D eigenvalue weighted by Crippen LogP contribution is -2.59. The van der Waals surface area contributed by atoms with Gasteiger partial charge in [0.25, 0.3) is 0 Å². The number of carbonyl (C=O) groups is 1. The first-order chi connectivity index (χ1) is 11.7. The van der Waals surface area contributed by atoms with Crippen LogP contribution < -0.4 is 0 Å². The summed E-state index contributed by atoms with van der Waals surface area (Å²) in [4.78, 5) is 11.7. The maximum Gasteiger partial charge on any atom is 0.338 e. The van der Waals surface area contributed by atoms with Gasteiger partial charge in [0, 0.05) is 11.3 Å². The molecule has 1 heterocycles. The Labute approximate surface area is 148 Å². The summed E-state index contributed by atoms with van der Waals surface area (Å²) in [6.45, 7) is 8.32. The molecule has 1 aliphatic heterocycles. The molecule has 0 saturated heterocycles. The normalized spacial score (nSPS) is 44.6. The van der Waals surface area contributed by atoms with Crippen LogP contribution in [0.1, 0.15) is 33.1 Å². The van der Waals surface area contributed by atoms with E-state index in [1.807, 2.05) is 13.0 Å². The average Bonchev–Trinajstić information content (AvgIpc) is 2.99. The fourth-order valence-electron chi connectivity index (χ4n) is 5.12. The number of hydrogen-bond acceptors (Lipinski definition) is 5. The minimum absolute atomic E-state index is 0.0478. The van der Waals surface area contributed by atoms with Crippen LogP contribution in [0.25, 0.3) is 0 Å². The van der Waals surface area contributed by atoms with Crippen molar-refractivity contribution in [1.82, 2.24) is 0 Å². The maximum atomic E-state index is 11.7. The lowest BCUT2D eigenvalue weighted by atomic mass is 9.46. The Balaban J connectivity index is 1.97. The second kappa shape index (κ2) is 6.38. The second-order valence-electron chi connectivity index (χ2n) is 8.20. The third-order valence-corrected chi connectivity index (χ3v) is 6.87. The predicted octanol–water partition coefficient (Wildman–Crippen LogP) is 1.74. The Morgan fingerprint density at radius 2 is 2.12 bits per heavy atom. The monoisotopic (exact) mass is 348 g/mol. The molecule has 0 aromatic heterocycles. The molecule has 5 nitrogen and oxygen atoms in total. The Kier molecular flexibility index (Phi) is 4.69. The first kappa shape index (κ1) is 18.4. The van der Waals surface area contributed by atoms with Crippen LogP contribution in [-0.2, 0) is 9.53 Å². The van der Waals surface area contributed by atoms with Crippen LogP contribution >= 0.6 is 0 Å². The number of rotatable bonds is 3. The lowest BCUT2D eigenvalue weighted by molar-refractivity contribution is -0.158. The number of aliphatic hydroxyl groups is 3. The highest BCUT2D eigenvalue weighted by Gasteiger charge is 2.58. The number of cyclic esters (lactones) is 1. The van der Waals surface area contributed by atoms with Gasteiger partial charge in [0.1, 0.15) is 6.61 Å². The van der Waals surface area contributed by atoms with Gasteiger partial charge < -0.3 is 20.1 Å². The van der Waals surface area contributed by atoms with E-state index in [1.165, 1.54) is 0 Å². The van der Waals surface area contributed by atoms with Gasteiger partial charge in [-0.15, -0.1) is 0 Å². The van der Waals surface area contributed by atoms with Crippen LogP contribution in [0.15, 0.2) is 36.0 Å². The summed E-state index contributed by atoms with van der Waals surface area (Å²) >= 11 is 0. The molecule has 3 aliphatic rings. The number of hydrogen-bond donors (Lipinski definition) is 3. The van der Waals surface area contributed by atoms with Gasteiger partial charge in [-0.2, -0.15) is 0 Å². The van der Waals surface area contributed by atoms with Gasteiger partial charge in [0.2, 0.25) is 0 Å². The van der Waals surface area contributed by atoms with E-state index in [0.29, 0.717) is 25.0 Å². The van der Waals surface area contributed by atoms with Gasteiger partial charge in [0.05, 0.1) is 24.4 Å². The van der Waals surface area contributed by atoms with Crippen molar-refractivity contribution in [2.24, 2.45) is 22.7 Å². The van der Waals surface area contributed by atoms with Crippen LogP contribution in [-0.4, -0.2) is 46.7 Å². The summed E-state index contributed by atoms with van der Waals surface area (Å²) in [6, 6.07) is 0. The number of allylic oxidation sites excluding steroid dienone is 1. The van der Waals surface area contributed by atoms with Gasteiger partial charge in [-0.25, -0.2) is 4.79 Å². The predicted molar refractivity (Wildman–Crippen MR) is 93.5 cm³/mol. The third-order valence-electron chi connectivity index (χ3n) is 6.87. The molecule has 0 spiro atoms. The number of aliphatic hydroxyl groups excluding tert-OH is 3. The molecule has 2 aliphatic carbocycles. The largest absolute Gasteiger partial charge is 0.458 e. The summed E-state index contributed by atoms with van der Waals surface area (Å²) in [7, 11) is 0. The van der Waals surface area contributed by atoms with Crippen LogP contribution in [0.3, 0.4) is 0 Å². The molecule has 6 atom stereocenters. The Hall–Kier alpha value is -1.43. The maximum absolute atomic E-state index is 11.7. The smallest absolute Gasteiger partial charge is 0.338 e. The zero-order chi connectivity index (χ0) is 18.4. The van der Waals surface area contributed by atoms with Gasteiger partial charge >= 0.3 is 5.97 Å². The number of carbonyl (C=O) groups excluding carboxylic acids is 1. The summed E-state index contributed by atoms with van der Waals surface area (Å²) in [6.07, 6.45) is 6.01. The minimum Gasteiger partial charge on any atom is -0.458 e. The molecule has 0 unspecified atom stereocenters. The molecule has 138 valence electrons. The SMILES string of the molecule is C=C1[C@H](O)C[C@@H]2[C@](C)(CO)[C@H](O)CC[C@@]2(C)[C@@H]1/C=C/C1=CCOC1=O. The van der Waals surface area contributed by atoms with Crippen LogP contribution in [0, 0.1) is 22.7 Å². The van der Waals surface area contributed by atoms with E-state index < -0.39 is 17.6 Å². The number of esters is 1. The number of ether oxygens (including phenoxy) is 1. The molecule has 2 saturated carbocycles. The van der Waals surface area contributed by atoms with E-state index in [9.17, 15) is 20.1 Å². The average molecular weight is 348 g/mol. The molecule has 2 fully saturated rings. The summed E-state index contributed by atoms with van der Waals surface area (Å²) in [5, 5.41) is 31.1. The fourth-order valence-corrected chi connectivity index (χ4v) is 5.12. The third kappa shape index (κ3) is 2.78. The van der Waals surface area contributed by atoms with Crippen molar-refractivity contribution < 1.29 is 24.9 Å². The molecule has 5 heteroatoms. The highest BCUT2D eigenvalue weighted by Crippen LogP contribution is 2.61. The first-order valence-corrected chi connectivity index (χ1v) is 8.95. The van der Waals surface area contributed by atoms with Crippen LogP contribution in [0.2, 0.25) is 0 Å². The van der Waals surface area contributed by atoms with Crippen molar-refractivity contribution in [2.75, 3.05) is 13.2 Å². The highest BCUT2D eigenvalue weighted by molar-refractivity contribution is 5.93. The highest BCUT2D eigenvalue weighted by atomic mass is 16.5. The van der Waals surface area contributed by atoms with Crippen molar-refractivity contribution in [1.29, 1.82) is 0 Å². The summed E-state index contributed by atoms with van der Waals surface area (Å²) in [5.74, 6) is -0.512. The van der Waals surface area contributed by atoms with E-state index in [0.717, 1.165) is 12.0 Å². The lowest BCUT2D eigenvalue weighted by Gasteiger charge is -2.60. The van der Waals surface area contributed by atoms with Gasteiger partial charge in [-0.1, -0.05) is 32.6 Å². The quantitative estimate of drug-likeness (QED) is 0.534.